The highest BCUT2D eigenvalue weighted by Crippen LogP contribution is 2.25. The van der Waals surface area contributed by atoms with E-state index in [1.54, 1.807) is 18.5 Å². The lowest BCUT2D eigenvalue weighted by Crippen LogP contribution is -2.46. The average molecular weight is 393 g/mol. The third-order valence-electron chi connectivity index (χ3n) is 5.74. The summed E-state index contributed by atoms with van der Waals surface area (Å²) in [5.41, 5.74) is 3.19. The van der Waals surface area contributed by atoms with Gasteiger partial charge in [0.2, 0.25) is 5.56 Å². The van der Waals surface area contributed by atoms with Crippen LogP contribution in [0.1, 0.15) is 48.7 Å². The number of aromatic amines is 2. The van der Waals surface area contributed by atoms with Crippen LogP contribution in [0.2, 0.25) is 0 Å². The van der Waals surface area contributed by atoms with Gasteiger partial charge in [0.15, 0.2) is 0 Å². The van der Waals surface area contributed by atoms with Crippen LogP contribution in [0.25, 0.3) is 11.0 Å². The maximum Gasteiger partial charge on any atom is 0.270 e. The number of nitrogens with one attached hydrogen (secondary N) is 3. The Kier molecular flexibility index (Phi) is 5.76. The fraction of sp³-hybridized carbons (Fsp3) is 0.409. The summed E-state index contributed by atoms with van der Waals surface area (Å²) in [7, 11) is 0. The van der Waals surface area contributed by atoms with Crippen LogP contribution >= 0.6 is 0 Å². The van der Waals surface area contributed by atoms with E-state index >= 15 is 0 Å². The van der Waals surface area contributed by atoms with Crippen LogP contribution in [0, 0.1) is 0 Å². The second kappa shape index (κ2) is 8.61. The summed E-state index contributed by atoms with van der Waals surface area (Å²) in [5.74, 6) is 0.0331. The Balaban J connectivity index is 1.42. The van der Waals surface area contributed by atoms with Crippen LogP contribution < -0.4 is 10.9 Å². The number of nitrogens with zero attached hydrogens (tertiary/aromatic N) is 2. The van der Waals surface area contributed by atoms with Gasteiger partial charge in [-0.1, -0.05) is 0 Å². The van der Waals surface area contributed by atoms with E-state index in [1.165, 1.54) is 0 Å². The molecule has 1 fully saturated rings. The summed E-state index contributed by atoms with van der Waals surface area (Å²) in [6.07, 6.45) is 7.51. The molecule has 0 saturated heterocycles. The number of amides is 1. The number of carbonyl (C=O) groups excluding carboxylic acids is 1. The zero-order valence-electron chi connectivity index (χ0n) is 16.6. The van der Waals surface area contributed by atoms with Gasteiger partial charge >= 0.3 is 0 Å². The van der Waals surface area contributed by atoms with Gasteiger partial charge in [0.1, 0.15) is 5.69 Å². The molecule has 0 aromatic carbocycles. The normalized spacial score (nSPS) is 19.3. The first-order valence-corrected chi connectivity index (χ1v) is 10.3. The molecule has 1 aliphatic carbocycles. The minimum atomic E-state index is -0.0820. The average Bonchev–Trinajstić information content (AvgIpc) is 3.17. The first-order chi connectivity index (χ1) is 14.1. The molecule has 3 aromatic heterocycles. The molecule has 0 bridgehead atoms. The van der Waals surface area contributed by atoms with Crippen LogP contribution in [0.4, 0.5) is 0 Å². The second-order valence-electron chi connectivity index (χ2n) is 7.67. The van der Waals surface area contributed by atoms with E-state index in [1.807, 2.05) is 36.1 Å². The highest BCUT2D eigenvalue weighted by Gasteiger charge is 2.30. The van der Waals surface area contributed by atoms with Gasteiger partial charge < -0.3 is 20.2 Å². The van der Waals surface area contributed by atoms with Crippen molar-refractivity contribution in [2.75, 3.05) is 6.54 Å². The van der Waals surface area contributed by atoms with Crippen LogP contribution in [-0.4, -0.2) is 44.4 Å². The number of rotatable bonds is 6. The first-order valence-electron chi connectivity index (χ1n) is 10.3. The van der Waals surface area contributed by atoms with Gasteiger partial charge in [-0.15, -0.1) is 0 Å². The largest absolute Gasteiger partial charge is 0.349 e. The van der Waals surface area contributed by atoms with Crippen molar-refractivity contribution in [1.82, 2.24) is 25.2 Å². The Bertz CT molecular complexity index is 1010. The minimum Gasteiger partial charge on any atom is -0.349 e. The van der Waals surface area contributed by atoms with Crippen LogP contribution in [0.3, 0.4) is 0 Å². The fourth-order valence-electron chi connectivity index (χ4n) is 4.29. The van der Waals surface area contributed by atoms with Crippen molar-refractivity contribution in [3.05, 3.63) is 64.3 Å². The minimum absolute atomic E-state index is 0.0331. The summed E-state index contributed by atoms with van der Waals surface area (Å²) in [6.45, 7) is 3.37. The Morgan fingerprint density at radius 2 is 2.21 bits per heavy atom. The van der Waals surface area contributed by atoms with E-state index in [0.717, 1.165) is 42.3 Å². The summed E-state index contributed by atoms with van der Waals surface area (Å²) in [5, 5.41) is 3.57. The fourth-order valence-corrected chi connectivity index (χ4v) is 4.29. The van der Waals surface area contributed by atoms with Gasteiger partial charge in [-0.05, 0) is 62.4 Å². The Hall–Kier alpha value is -2.93. The molecule has 3 N–H and O–H groups in total. The second-order valence-corrected chi connectivity index (χ2v) is 7.67. The molecule has 3 aromatic rings. The standard InChI is InChI=1S/C22H27N5O2/c1-2-27(22(29)20-13-19-18(26-20)7-4-9-23-19)17-6-3-5-16(12-17)25-14-15-8-10-24-21(28)11-15/h4,7-11,13,16-17,25-26H,2-3,5-6,12,14H2,1H3,(H,24,28). The molecular weight excluding hydrogens is 366 g/mol. The van der Waals surface area contributed by atoms with Gasteiger partial charge in [0.05, 0.1) is 11.0 Å². The summed E-state index contributed by atoms with van der Waals surface area (Å²) in [4.78, 5) is 36.8. The number of H-pyrrole nitrogens is 2. The van der Waals surface area contributed by atoms with E-state index in [4.69, 9.17) is 0 Å². The Labute approximate surface area is 169 Å². The van der Waals surface area contributed by atoms with E-state index in [2.05, 4.69) is 20.3 Å². The van der Waals surface area contributed by atoms with Gasteiger partial charge in [-0.25, -0.2) is 0 Å². The van der Waals surface area contributed by atoms with Gasteiger partial charge in [0, 0.05) is 43.6 Å². The first kappa shape index (κ1) is 19.4. The molecule has 4 rings (SSSR count). The number of fused-ring (bicyclic) bond motifs is 1. The molecule has 0 aliphatic heterocycles. The lowest BCUT2D eigenvalue weighted by molar-refractivity contribution is 0.0623. The highest BCUT2D eigenvalue weighted by atomic mass is 16.2. The summed E-state index contributed by atoms with van der Waals surface area (Å²) < 4.78 is 0. The van der Waals surface area contributed by atoms with Crippen molar-refractivity contribution in [1.29, 1.82) is 0 Å². The molecule has 1 aliphatic rings. The van der Waals surface area contributed by atoms with E-state index in [0.29, 0.717) is 24.8 Å². The Morgan fingerprint density at radius 3 is 3.00 bits per heavy atom. The molecule has 7 nitrogen and oxygen atoms in total. The van der Waals surface area contributed by atoms with Crippen molar-refractivity contribution in [2.45, 2.75) is 51.2 Å². The number of pyridine rings is 2. The van der Waals surface area contributed by atoms with Crippen LogP contribution in [0.5, 0.6) is 0 Å². The number of hydrogen-bond donors (Lipinski definition) is 3. The monoisotopic (exact) mass is 393 g/mol. The number of hydrogen-bond acceptors (Lipinski definition) is 4. The number of carbonyl (C=O) groups is 1. The quantitative estimate of drug-likeness (QED) is 0.600. The predicted molar refractivity (Wildman–Crippen MR) is 113 cm³/mol. The third kappa shape index (κ3) is 4.40. The lowest BCUT2D eigenvalue weighted by Gasteiger charge is -2.37. The van der Waals surface area contributed by atoms with Crippen molar-refractivity contribution in [3.8, 4) is 0 Å². The predicted octanol–water partition coefficient (Wildman–Crippen LogP) is 2.81. The van der Waals surface area contributed by atoms with Crippen molar-refractivity contribution in [2.24, 2.45) is 0 Å². The number of aromatic nitrogens is 3. The van der Waals surface area contributed by atoms with Gasteiger partial charge in [-0.3, -0.25) is 14.6 Å². The van der Waals surface area contributed by atoms with Crippen molar-refractivity contribution < 1.29 is 4.79 Å². The van der Waals surface area contributed by atoms with Crippen molar-refractivity contribution >= 4 is 16.9 Å². The molecular formula is C22H27N5O2. The summed E-state index contributed by atoms with van der Waals surface area (Å²) in [6, 6.07) is 9.72. The maximum absolute atomic E-state index is 13.2. The lowest BCUT2D eigenvalue weighted by atomic mass is 9.89. The molecule has 3 heterocycles. The zero-order chi connectivity index (χ0) is 20.2. The van der Waals surface area contributed by atoms with Gasteiger partial charge in [-0.2, -0.15) is 0 Å². The van der Waals surface area contributed by atoms with E-state index in [9.17, 15) is 9.59 Å². The van der Waals surface area contributed by atoms with Crippen LogP contribution in [0.15, 0.2) is 47.5 Å². The molecule has 29 heavy (non-hydrogen) atoms. The molecule has 1 saturated carbocycles. The molecule has 0 radical (unpaired) electrons. The third-order valence-corrected chi connectivity index (χ3v) is 5.74. The topological polar surface area (TPSA) is 93.9 Å². The molecule has 0 spiro atoms. The van der Waals surface area contributed by atoms with Crippen molar-refractivity contribution in [3.63, 3.8) is 0 Å². The van der Waals surface area contributed by atoms with E-state index in [-0.39, 0.29) is 17.5 Å². The smallest absolute Gasteiger partial charge is 0.270 e. The molecule has 7 heteroatoms. The van der Waals surface area contributed by atoms with Crippen LogP contribution in [-0.2, 0) is 6.54 Å². The highest BCUT2D eigenvalue weighted by molar-refractivity contribution is 5.97. The molecule has 152 valence electrons. The maximum atomic E-state index is 13.2. The molecule has 2 unspecified atom stereocenters. The van der Waals surface area contributed by atoms with E-state index < -0.39 is 0 Å². The molecule has 1 amide bonds. The molecule has 2 atom stereocenters. The zero-order valence-corrected chi connectivity index (χ0v) is 16.6. The SMILES string of the molecule is CCN(C(=O)c1cc2ncccc2[nH]1)C1CCCC(NCc2cc[nH]c(=O)c2)C1. The summed E-state index contributed by atoms with van der Waals surface area (Å²) >= 11 is 0. The Morgan fingerprint density at radius 1 is 1.31 bits per heavy atom. The van der Waals surface area contributed by atoms with Gasteiger partial charge in [0.25, 0.3) is 5.91 Å².